The second-order valence-corrected chi connectivity index (χ2v) is 5.73. The van der Waals surface area contributed by atoms with Gasteiger partial charge in [0.25, 0.3) is 5.91 Å². The van der Waals surface area contributed by atoms with Gasteiger partial charge < -0.3 is 21.7 Å². The van der Waals surface area contributed by atoms with Crippen LogP contribution in [0.3, 0.4) is 0 Å². The lowest BCUT2D eigenvalue weighted by Crippen LogP contribution is -2.20. The molecular formula is C17H22N6O2. The average molecular weight is 342 g/mol. The van der Waals surface area contributed by atoms with E-state index >= 15 is 0 Å². The first-order chi connectivity index (χ1) is 11.9. The predicted molar refractivity (Wildman–Crippen MR) is 98.0 cm³/mol. The Bertz CT molecular complexity index is 775. The Kier molecular flexibility index (Phi) is 5.89. The minimum absolute atomic E-state index is 0.0670. The van der Waals surface area contributed by atoms with E-state index in [-0.39, 0.29) is 17.5 Å². The molecule has 0 spiro atoms. The molecule has 0 aliphatic heterocycles. The van der Waals surface area contributed by atoms with Gasteiger partial charge in [0.1, 0.15) is 5.82 Å². The van der Waals surface area contributed by atoms with Crippen LogP contribution in [-0.2, 0) is 4.79 Å². The van der Waals surface area contributed by atoms with Crippen LogP contribution in [0.25, 0.3) is 0 Å². The summed E-state index contributed by atoms with van der Waals surface area (Å²) in [5, 5.41) is 8.91. The highest BCUT2D eigenvalue weighted by molar-refractivity contribution is 5.97. The van der Waals surface area contributed by atoms with Crippen molar-refractivity contribution in [1.29, 1.82) is 0 Å². The van der Waals surface area contributed by atoms with Crippen LogP contribution in [0.1, 0.15) is 37.6 Å². The lowest BCUT2D eigenvalue weighted by atomic mass is 10.2. The number of nitrogens with zero attached hydrogens (tertiary/aromatic N) is 2. The van der Waals surface area contributed by atoms with Gasteiger partial charge >= 0.3 is 0 Å². The Morgan fingerprint density at radius 1 is 1.24 bits per heavy atom. The third-order valence-corrected chi connectivity index (χ3v) is 3.20. The number of anilines is 4. The van der Waals surface area contributed by atoms with Crippen molar-refractivity contribution in [3.05, 3.63) is 36.0 Å². The standard InChI is InChI=1S/C17H22N6O2/c1-4-14(24)21-11-6-5-7-12(8-11)22-17-19-9-13(15(18)25)16(23-17)20-10(2)3/h5-10H,4H2,1-3H3,(H2,18,25)(H,21,24)(H2,19,20,22,23). The lowest BCUT2D eigenvalue weighted by molar-refractivity contribution is -0.115. The van der Waals surface area contributed by atoms with Crippen molar-refractivity contribution in [2.45, 2.75) is 33.2 Å². The van der Waals surface area contributed by atoms with Crippen molar-refractivity contribution in [2.75, 3.05) is 16.0 Å². The van der Waals surface area contributed by atoms with Crippen molar-refractivity contribution < 1.29 is 9.59 Å². The highest BCUT2D eigenvalue weighted by Crippen LogP contribution is 2.20. The van der Waals surface area contributed by atoms with Gasteiger partial charge in [-0.3, -0.25) is 9.59 Å². The molecule has 0 radical (unpaired) electrons. The molecule has 1 heterocycles. The summed E-state index contributed by atoms with van der Waals surface area (Å²) in [7, 11) is 0. The normalized spacial score (nSPS) is 10.4. The predicted octanol–water partition coefficient (Wildman–Crippen LogP) is 2.49. The highest BCUT2D eigenvalue weighted by atomic mass is 16.1. The van der Waals surface area contributed by atoms with Crippen LogP contribution in [0.2, 0.25) is 0 Å². The van der Waals surface area contributed by atoms with Crippen LogP contribution in [0.4, 0.5) is 23.1 Å². The number of primary amides is 1. The Hall–Kier alpha value is -3.16. The summed E-state index contributed by atoms with van der Waals surface area (Å²) in [6.07, 6.45) is 1.78. The van der Waals surface area contributed by atoms with E-state index in [0.717, 1.165) is 0 Å². The Morgan fingerprint density at radius 3 is 2.60 bits per heavy atom. The van der Waals surface area contributed by atoms with Crippen molar-refractivity contribution in [2.24, 2.45) is 5.73 Å². The second kappa shape index (κ2) is 8.09. The summed E-state index contributed by atoms with van der Waals surface area (Å²) in [5.74, 6) is 0.0177. The van der Waals surface area contributed by atoms with Gasteiger partial charge in [0.15, 0.2) is 0 Å². The van der Waals surface area contributed by atoms with Crippen molar-refractivity contribution in [3.63, 3.8) is 0 Å². The van der Waals surface area contributed by atoms with E-state index in [2.05, 4.69) is 25.9 Å². The van der Waals surface area contributed by atoms with E-state index in [1.807, 2.05) is 19.9 Å². The number of hydrogen-bond donors (Lipinski definition) is 4. The van der Waals surface area contributed by atoms with Crippen LogP contribution in [-0.4, -0.2) is 27.8 Å². The molecule has 8 nitrogen and oxygen atoms in total. The number of aromatic nitrogens is 2. The van der Waals surface area contributed by atoms with E-state index in [1.54, 1.807) is 25.1 Å². The summed E-state index contributed by atoms with van der Waals surface area (Å²) >= 11 is 0. The Morgan fingerprint density at radius 2 is 1.96 bits per heavy atom. The second-order valence-electron chi connectivity index (χ2n) is 5.73. The SMILES string of the molecule is CCC(=O)Nc1cccc(Nc2ncc(C(N)=O)c(NC(C)C)n2)c1. The maximum absolute atomic E-state index is 11.5. The fourth-order valence-corrected chi connectivity index (χ4v) is 2.06. The molecule has 132 valence electrons. The first-order valence-electron chi connectivity index (χ1n) is 7.99. The number of rotatable bonds is 7. The molecule has 8 heteroatoms. The molecule has 0 saturated carbocycles. The molecule has 0 saturated heterocycles. The zero-order chi connectivity index (χ0) is 18.4. The van der Waals surface area contributed by atoms with Gasteiger partial charge in [-0.05, 0) is 32.0 Å². The molecule has 0 fully saturated rings. The zero-order valence-electron chi connectivity index (χ0n) is 14.5. The van der Waals surface area contributed by atoms with Gasteiger partial charge in [0, 0.05) is 30.0 Å². The number of benzene rings is 1. The molecule has 0 unspecified atom stereocenters. The van der Waals surface area contributed by atoms with Crippen LogP contribution in [0, 0.1) is 0 Å². The smallest absolute Gasteiger partial charge is 0.254 e. The molecule has 25 heavy (non-hydrogen) atoms. The molecule has 2 rings (SSSR count). The number of amides is 2. The molecule has 0 bridgehead atoms. The zero-order valence-corrected chi connectivity index (χ0v) is 14.5. The minimum atomic E-state index is -0.598. The maximum atomic E-state index is 11.5. The van der Waals surface area contributed by atoms with Crippen molar-refractivity contribution in [3.8, 4) is 0 Å². The van der Waals surface area contributed by atoms with Crippen LogP contribution < -0.4 is 21.7 Å². The molecular weight excluding hydrogens is 320 g/mol. The van der Waals surface area contributed by atoms with E-state index in [4.69, 9.17) is 5.73 Å². The fraction of sp³-hybridized carbons (Fsp3) is 0.294. The van der Waals surface area contributed by atoms with Gasteiger partial charge in [-0.25, -0.2) is 4.98 Å². The summed E-state index contributed by atoms with van der Waals surface area (Å²) in [5.41, 5.74) is 6.96. The monoisotopic (exact) mass is 342 g/mol. The van der Waals surface area contributed by atoms with Crippen LogP contribution >= 0.6 is 0 Å². The maximum Gasteiger partial charge on any atom is 0.254 e. The lowest BCUT2D eigenvalue weighted by Gasteiger charge is -2.14. The van der Waals surface area contributed by atoms with Crippen LogP contribution in [0.15, 0.2) is 30.5 Å². The topological polar surface area (TPSA) is 122 Å². The fourth-order valence-electron chi connectivity index (χ4n) is 2.06. The summed E-state index contributed by atoms with van der Waals surface area (Å²) in [6.45, 7) is 5.65. The van der Waals surface area contributed by atoms with Gasteiger partial charge in [-0.15, -0.1) is 0 Å². The summed E-state index contributed by atoms with van der Waals surface area (Å²) < 4.78 is 0. The van der Waals surface area contributed by atoms with Gasteiger partial charge in [0.2, 0.25) is 11.9 Å². The van der Waals surface area contributed by atoms with E-state index in [1.165, 1.54) is 6.20 Å². The largest absolute Gasteiger partial charge is 0.367 e. The van der Waals surface area contributed by atoms with Crippen molar-refractivity contribution >= 4 is 35.0 Å². The van der Waals surface area contributed by atoms with E-state index in [0.29, 0.717) is 29.6 Å². The molecule has 1 aromatic carbocycles. The Balaban J connectivity index is 2.23. The third-order valence-electron chi connectivity index (χ3n) is 3.20. The molecule has 0 aliphatic rings. The minimum Gasteiger partial charge on any atom is -0.367 e. The number of carbonyl (C=O) groups is 2. The average Bonchev–Trinajstić information content (AvgIpc) is 2.54. The molecule has 2 amide bonds. The Labute approximate surface area is 146 Å². The third kappa shape index (κ3) is 5.17. The summed E-state index contributed by atoms with van der Waals surface area (Å²) in [6, 6.07) is 7.27. The molecule has 1 aromatic heterocycles. The number of nitrogens with two attached hydrogens (primary N) is 1. The van der Waals surface area contributed by atoms with Gasteiger partial charge in [-0.2, -0.15) is 4.98 Å². The van der Waals surface area contributed by atoms with E-state index in [9.17, 15) is 9.59 Å². The molecule has 0 aliphatic carbocycles. The number of hydrogen-bond acceptors (Lipinski definition) is 6. The quantitative estimate of drug-likeness (QED) is 0.613. The molecule has 2 aromatic rings. The number of carbonyl (C=O) groups excluding carboxylic acids is 2. The molecule has 0 atom stereocenters. The van der Waals surface area contributed by atoms with Crippen LogP contribution in [0.5, 0.6) is 0 Å². The molecule has 5 N–H and O–H groups in total. The van der Waals surface area contributed by atoms with Crippen molar-refractivity contribution in [1.82, 2.24) is 9.97 Å². The summed E-state index contributed by atoms with van der Waals surface area (Å²) in [4.78, 5) is 31.4. The first-order valence-corrected chi connectivity index (χ1v) is 7.99. The first kappa shape index (κ1) is 18.2. The van der Waals surface area contributed by atoms with E-state index < -0.39 is 5.91 Å². The highest BCUT2D eigenvalue weighted by Gasteiger charge is 2.13. The van der Waals surface area contributed by atoms with Gasteiger partial charge in [-0.1, -0.05) is 13.0 Å². The number of nitrogens with one attached hydrogen (secondary N) is 3. The van der Waals surface area contributed by atoms with Gasteiger partial charge in [0.05, 0.1) is 5.56 Å².